The molecule has 0 saturated carbocycles. The molecule has 0 aromatic heterocycles. The number of aliphatic carboxylic acids is 3. The fourth-order valence-corrected chi connectivity index (χ4v) is 4.08. The minimum atomic E-state index is -0.994. The summed E-state index contributed by atoms with van der Waals surface area (Å²) >= 11 is 0. The Labute approximate surface area is 232 Å². The van der Waals surface area contributed by atoms with E-state index in [4.69, 9.17) is 9.90 Å². The van der Waals surface area contributed by atoms with E-state index in [1.54, 1.807) is 25.7 Å². The van der Waals surface area contributed by atoms with E-state index in [-0.39, 0.29) is 37.6 Å². The summed E-state index contributed by atoms with van der Waals surface area (Å²) < 4.78 is 0. The molecule has 2 atom stereocenters. The molecule has 1 heterocycles. The highest BCUT2D eigenvalue weighted by atomic mass is 16.4. The van der Waals surface area contributed by atoms with Crippen molar-refractivity contribution in [1.29, 1.82) is 0 Å². The van der Waals surface area contributed by atoms with Crippen molar-refractivity contribution in [3.8, 4) is 0 Å². The average Bonchev–Trinajstić information content (AvgIpc) is 2.87. The molecule has 39 heavy (non-hydrogen) atoms. The maximum Gasteiger partial charge on any atom is 0.320 e. The van der Waals surface area contributed by atoms with Crippen LogP contribution in [0, 0.1) is 5.92 Å². The van der Waals surface area contributed by atoms with Crippen LogP contribution in [0.25, 0.3) is 0 Å². The number of carbonyl (C=O) groups is 5. The molecule has 1 aliphatic rings. The normalized spacial score (nSPS) is 18.1. The minimum Gasteiger partial charge on any atom is -0.483 e. The van der Waals surface area contributed by atoms with Gasteiger partial charge in [0, 0.05) is 64.7 Å². The molecule has 2 unspecified atom stereocenters. The molecule has 228 valence electrons. The van der Waals surface area contributed by atoms with Gasteiger partial charge in [-0.1, -0.05) is 34.6 Å². The van der Waals surface area contributed by atoms with E-state index < -0.39 is 30.0 Å². The van der Waals surface area contributed by atoms with Crippen LogP contribution in [0.3, 0.4) is 0 Å². The van der Waals surface area contributed by atoms with E-state index in [0.29, 0.717) is 52.4 Å². The molecule has 13 nitrogen and oxygen atoms in total. The van der Waals surface area contributed by atoms with Gasteiger partial charge in [-0.2, -0.15) is 0 Å². The zero-order chi connectivity index (χ0) is 30.5. The second kappa shape index (κ2) is 22.2. The highest BCUT2D eigenvalue weighted by Gasteiger charge is 2.29. The van der Waals surface area contributed by atoms with E-state index in [0.717, 1.165) is 6.54 Å². The number of carboxylic acids is 3. The van der Waals surface area contributed by atoms with E-state index >= 15 is 0 Å². The second-order valence-electron chi connectivity index (χ2n) is 9.31. The fraction of sp³-hybridized carbons (Fsp3) is 0.808. The van der Waals surface area contributed by atoms with Gasteiger partial charge >= 0.3 is 17.9 Å². The molecule has 0 spiro atoms. The Balaban J connectivity index is 0. The average molecular weight is 563 g/mol. The smallest absolute Gasteiger partial charge is 0.320 e. The molecular weight excluding hydrogens is 512 g/mol. The van der Waals surface area contributed by atoms with Crippen LogP contribution in [0.1, 0.15) is 54.4 Å². The van der Waals surface area contributed by atoms with Gasteiger partial charge in [0.2, 0.25) is 0 Å². The number of Topliss-reactive ketones (excluding diaryl/α,β-unsaturated/α-hetero) is 1. The van der Waals surface area contributed by atoms with Crippen LogP contribution in [0.5, 0.6) is 0 Å². The highest BCUT2D eigenvalue weighted by molar-refractivity contribution is 5.81. The van der Waals surface area contributed by atoms with E-state index in [1.807, 2.05) is 30.6 Å². The second-order valence-corrected chi connectivity index (χ2v) is 9.31. The van der Waals surface area contributed by atoms with E-state index in [2.05, 4.69) is 4.90 Å². The van der Waals surface area contributed by atoms with Crippen molar-refractivity contribution < 1.29 is 44.4 Å². The lowest BCUT2D eigenvalue weighted by molar-refractivity contribution is -0.144. The standard InChI is InChI=1S/C23H42N4O7.C2H6.CH2O2/c1-5-24-8-12-26(18(4)22(31)32)13-10-25(16-21(29)30)11-15-27(14-9-24)19(23(33)34)6-7-20(28)17(2)3;1-2;2-1-3/h17-19H,5-16H2,1-4H3,(H,29,30)(H,31,32)(H,33,34);1-2H3;1H,(H,2,3). The van der Waals surface area contributed by atoms with E-state index in [9.17, 15) is 34.5 Å². The molecule has 0 aromatic rings. The Bertz CT molecular complexity index is 736. The largest absolute Gasteiger partial charge is 0.483 e. The molecule has 1 saturated heterocycles. The first kappa shape index (κ1) is 38.5. The third-order valence-electron chi connectivity index (χ3n) is 6.56. The SMILES string of the molecule is CC.CCN1CCN(C(C)C(=O)O)CCN(CC(=O)O)CCN(C(CCC(=O)C(C)C)C(=O)O)CC1.O=CO. The first-order chi connectivity index (χ1) is 18.4. The van der Waals surface area contributed by atoms with Crippen molar-refractivity contribution in [1.82, 2.24) is 19.6 Å². The monoisotopic (exact) mass is 562 g/mol. The summed E-state index contributed by atoms with van der Waals surface area (Å²) in [5.74, 6) is -3.04. The molecule has 0 aliphatic carbocycles. The molecule has 0 radical (unpaired) electrons. The third-order valence-corrected chi connectivity index (χ3v) is 6.56. The molecule has 13 heteroatoms. The number of carbonyl (C=O) groups excluding carboxylic acids is 1. The van der Waals surface area contributed by atoms with Crippen LogP contribution in [0.4, 0.5) is 0 Å². The van der Waals surface area contributed by atoms with Gasteiger partial charge in [-0.05, 0) is 19.9 Å². The summed E-state index contributed by atoms with van der Waals surface area (Å²) in [6.07, 6.45) is 0.394. The van der Waals surface area contributed by atoms with E-state index in [1.165, 1.54) is 0 Å². The lowest BCUT2D eigenvalue weighted by Gasteiger charge is -2.36. The summed E-state index contributed by atoms with van der Waals surface area (Å²) in [5.41, 5.74) is 0. The Morgan fingerprint density at radius 1 is 0.769 bits per heavy atom. The Morgan fingerprint density at radius 2 is 1.21 bits per heavy atom. The van der Waals surface area contributed by atoms with Gasteiger partial charge in [0.05, 0.1) is 6.54 Å². The van der Waals surface area contributed by atoms with Crippen LogP contribution < -0.4 is 0 Å². The van der Waals surface area contributed by atoms with Crippen LogP contribution in [0.15, 0.2) is 0 Å². The fourth-order valence-electron chi connectivity index (χ4n) is 4.08. The predicted molar refractivity (Wildman–Crippen MR) is 147 cm³/mol. The maximum atomic E-state index is 12.1. The number of hydrogen-bond acceptors (Lipinski definition) is 9. The molecule has 1 aliphatic heterocycles. The Morgan fingerprint density at radius 3 is 1.56 bits per heavy atom. The number of ketones is 1. The van der Waals surface area contributed by atoms with Gasteiger partial charge < -0.3 is 25.3 Å². The van der Waals surface area contributed by atoms with Crippen molar-refractivity contribution in [2.75, 3.05) is 65.4 Å². The summed E-state index contributed by atoms with van der Waals surface area (Å²) in [6.45, 7) is 15.1. The van der Waals surface area contributed by atoms with Crippen molar-refractivity contribution in [2.24, 2.45) is 5.92 Å². The summed E-state index contributed by atoms with van der Waals surface area (Å²) in [4.78, 5) is 63.1. The van der Waals surface area contributed by atoms with Crippen LogP contribution in [-0.4, -0.2) is 148 Å². The lowest BCUT2D eigenvalue weighted by Crippen LogP contribution is -2.52. The van der Waals surface area contributed by atoms with Gasteiger partial charge in [-0.15, -0.1) is 0 Å². The first-order valence-corrected chi connectivity index (χ1v) is 13.6. The van der Waals surface area contributed by atoms with Crippen LogP contribution in [0.2, 0.25) is 0 Å². The van der Waals surface area contributed by atoms with Crippen LogP contribution >= 0.6 is 0 Å². The highest BCUT2D eigenvalue weighted by Crippen LogP contribution is 2.13. The Hall–Kier alpha value is -2.61. The quantitative estimate of drug-likeness (QED) is 0.262. The van der Waals surface area contributed by atoms with Gasteiger partial charge in [-0.25, -0.2) is 0 Å². The molecule has 1 fully saturated rings. The predicted octanol–water partition coefficient (Wildman–Crippen LogP) is 0.971. The summed E-state index contributed by atoms with van der Waals surface area (Å²) in [7, 11) is 0. The number of rotatable bonds is 11. The third kappa shape index (κ3) is 16.9. The number of carboxylic acid groups (broad SMARTS) is 4. The van der Waals surface area contributed by atoms with Gasteiger partial charge in [-0.3, -0.25) is 38.7 Å². The molecule has 0 bridgehead atoms. The van der Waals surface area contributed by atoms with Gasteiger partial charge in [0.25, 0.3) is 6.47 Å². The molecule has 0 amide bonds. The number of likely N-dealkylation sites (N-methyl/N-ethyl adjacent to an activating group) is 1. The van der Waals surface area contributed by atoms with Gasteiger partial charge in [0.15, 0.2) is 0 Å². The maximum absolute atomic E-state index is 12.1. The van der Waals surface area contributed by atoms with Gasteiger partial charge in [0.1, 0.15) is 17.9 Å². The molecular formula is C26H50N4O9. The zero-order valence-corrected chi connectivity index (χ0v) is 24.4. The molecule has 0 aromatic carbocycles. The van der Waals surface area contributed by atoms with Crippen molar-refractivity contribution in [3.05, 3.63) is 0 Å². The van der Waals surface area contributed by atoms with Crippen molar-refractivity contribution in [3.63, 3.8) is 0 Å². The molecule has 4 N–H and O–H groups in total. The minimum absolute atomic E-state index is 0.0240. The van der Waals surface area contributed by atoms with Crippen molar-refractivity contribution >= 4 is 30.2 Å². The summed E-state index contributed by atoms with van der Waals surface area (Å²) in [6, 6.07) is -1.53. The van der Waals surface area contributed by atoms with Crippen molar-refractivity contribution in [2.45, 2.75) is 66.5 Å². The topological polar surface area (TPSA) is 179 Å². The Kier molecular flexibility index (Phi) is 22.0. The zero-order valence-electron chi connectivity index (χ0n) is 24.4. The number of nitrogens with zero attached hydrogens (tertiary/aromatic N) is 4. The van der Waals surface area contributed by atoms with Crippen LogP contribution in [-0.2, 0) is 24.0 Å². The summed E-state index contributed by atoms with van der Waals surface area (Å²) in [5, 5.41) is 35.6. The lowest BCUT2D eigenvalue weighted by atomic mass is 10.0. The number of hydrogen-bond donors (Lipinski definition) is 4. The molecule has 1 rings (SSSR count). The first-order valence-electron chi connectivity index (χ1n) is 13.6.